The Bertz CT molecular complexity index is 861. The minimum Gasteiger partial charge on any atom is -0.486 e. The molecule has 3 rings (SSSR count). The average molecular weight is 347 g/mol. The van der Waals surface area contributed by atoms with Gasteiger partial charge in [-0.3, -0.25) is 0 Å². The van der Waals surface area contributed by atoms with Crippen molar-refractivity contribution >= 4 is 10.0 Å². The first-order chi connectivity index (χ1) is 11.4. The summed E-state index contributed by atoms with van der Waals surface area (Å²) in [4.78, 5) is 0.273. The molecule has 0 aliphatic carbocycles. The van der Waals surface area contributed by atoms with Crippen molar-refractivity contribution in [2.24, 2.45) is 0 Å². The van der Waals surface area contributed by atoms with Gasteiger partial charge in [-0.05, 0) is 61.7 Å². The summed E-state index contributed by atoms with van der Waals surface area (Å²) in [6.45, 7) is 6.69. The van der Waals surface area contributed by atoms with E-state index in [0.29, 0.717) is 24.7 Å². The lowest BCUT2D eigenvalue weighted by Crippen LogP contribution is -2.27. The summed E-state index contributed by atoms with van der Waals surface area (Å²) in [7, 11) is -3.59. The summed E-state index contributed by atoms with van der Waals surface area (Å²) in [5.74, 6) is 1.34. The fourth-order valence-corrected chi connectivity index (χ4v) is 3.90. The fraction of sp³-hybridized carbons (Fsp3) is 0.333. The smallest absolute Gasteiger partial charge is 0.241 e. The Labute approximate surface area is 142 Å². The van der Waals surface area contributed by atoms with Crippen LogP contribution in [-0.2, 0) is 10.0 Å². The van der Waals surface area contributed by atoms with E-state index in [1.807, 2.05) is 45.0 Å². The van der Waals surface area contributed by atoms with E-state index in [1.54, 1.807) is 12.1 Å². The summed E-state index contributed by atoms with van der Waals surface area (Å²) in [6, 6.07) is 10.2. The molecule has 5 nitrogen and oxygen atoms in total. The first-order valence-electron chi connectivity index (χ1n) is 7.86. The maximum atomic E-state index is 12.6. The summed E-state index contributed by atoms with van der Waals surface area (Å²) in [6.07, 6.45) is 0. The van der Waals surface area contributed by atoms with Gasteiger partial charge in [0, 0.05) is 6.04 Å². The van der Waals surface area contributed by atoms with Crippen molar-refractivity contribution in [1.82, 2.24) is 4.72 Å². The van der Waals surface area contributed by atoms with Gasteiger partial charge < -0.3 is 9.47 Å². The van der Waals surface area contributed by atoms with Crippen LogP contribution < -0.4 is 14.2 Å². The molecular weight excluding hydrogens is 326 g/mol. The average Bonchev–Trinajstić information content (AvgIpc) is 2.56. The molecular formula is C18H21NO4S. The first kappa shape index (κ1) is 16.8. The van der Waals surface area contributed by atoms with Gasteiger partial charge in [0.05, 0.1) is 4.90 Å². The van der Waals surface area contributed by atoms with Crippen LogP contribution in [0.3, 0.4) is 0 Å². The van der Waals surface area contributed by atoms with E-state index in [2.05, 4.69) is 4.72 Å². The number of hydrogen-bond acceptors (Lipinski definition) is 4. The first-order valence-corrected chi connectivity index (χ1v) is 9.34. The second-order valence-electron chi connectivity index (χ2n) is 5.99. The van der Waals surface area contributed by atoms with Crippen LogP contribution in [0.5, 0.6) is 11.5 Å². The molecule has 1 atom stereocenters. The number of rotatable bonds is 4. The summed E-state index contributed by atoms with van der Waals surface area (Å²) in [5, 5.41) is 0. The highest BCUT2D eigenvalue weighted by Crippen LogP contribution is 2.33. The van der Waals surface area contributed by atoms with Crippen LogP contribution in [0.1, 0.15) is 29.7 Å². The molecule has 1 N–H and O–H groups in total. The lowest BCUT2D eigenvalue weighted by atomic mass is 10.1. The van der Waals surface area contributed by atoms with Gasteiger partial charge in [-0.25, -0.2) is 13.1 Å². The molecule has 1 aliphatic heterocycles. The molecule has 0 spiro atoms. The number of fused-ring (bicyclic) bond motifs is 1. The standard InChI is InChI=1S/C18H21NO4S/c1-12-4-6-16(10-13(12)2)24(20,21)19-14(3)15-5-7-17-18(11-15)23-9-8-22-17/h4-7,10-11,14,19H,8-9H2,1-3H3. The van der Waals surface area contributed by atoms with Gasteiger partial charge in [0.15, 0.2) is 11.5 Å². The molecule has 24 heavy (non-hydrogen) atoms. The number of benzene rings is 2. The van der Waals surface area contributed by atoms with E-state index in [1.165, 1.54) is 0 Å². The normalized spacial score (nSPS) is 15.1. The van der Waals surface area contributed by atoms with E-state index in [0.717, 1.165) is 16.7 Å². The number of nitrogens with one attached hydrogen (secondary N) is 1. The Balaban J connectivity index is 1.82. The topological polar surface area (TPSA) is 64.6 Å². The van der Waals surface area contributed by atoms with E-state index < -0.39 is 10.0 Å². The van der Waals surface area contributed by atoms with Crippen LogP contribution in [0.15, 0.2) is 41.3 Å². The van der Waals surface area contributed by atoms with Gasteiger partial charge in [-0.15, -0.1) is 0 Å². The van der Waals surface area contributed by atoms with Crippen molar-refractivity contribution in [3.05, 3.63) is 53.1 Å². The highest BCUT2D eigenvalue weighted by molar-refractivity contribution is 7.89. The van der Waals surface area contributed by atoms with Crippen molar-refractivity contribution < 1.29 is 17.9 Å². The number of ether oxygens (including phenoxy) is 2. The van der Waals surface area contributed by atoms with Gasteiger partial charge in [-0.1, -0.05) is 12.1 Å². The van der Waals surface area contributed by atoms with Crippen molar-refractivity contribution in [3.63, 3.8) is 0 Å². The zero-order valence-corrected chi connectivity index (χ0v) is 14.8. The van der Waals surface area contributed by atoms with E-state index in [4.69, 9.17) is 9.47 Å². The highest BCUT2D eigenvalue weighted by atomic mass is 32.2. The van der Waals surface area contributed by atoms with Gasteiger partial charge >= 0.3 is 0 Å². The third-order valence-electron chi connectivity index (χ3n) is 4.19. The summed E-state index contributed by atoms with van der Waals surface area (Å²) < 4.78 is 39.0. The van der Waals surface area contributed by atoms with Crippen LogP contribution >= 0.6 is 0 Å². The molecule has 1 heterocycles. The quantitative estimate of drug-likeness (QED) is 0.923. The molecule has 128 valence electrons. The molecule has 0 bridgehead atoms. The van der Waals surface area contributed by atoms with Crippen molar-refractivity contribution in [2.75, 3.05) is 13.2 Å². The molecule has 2 aromatic carbocycles. The van der Waals surface area contributed by atoms with Crippen LogP contribution in [0, 0.1) is 13.8 Å². The Kier molecular flexibility index (Phi) is 4.51. The monoisotopic (exact) mass is 347 g/mol. The molecule has 0 aromatic heterocycles. The number of sulfonamides is 1. The maximum Gasteiger partial charge on any atom is 0.241 e. The van der Waals surface area contributed by atoms with Gasteiger partial charge in [-0.2, -0.15) is 0 Å². The minimum atomic E-state index is -3.59. The lowest BCUT2D eigenvalue weighted by Gasteiger charge is -2.21. The van der Waals surface area contributed by atoms with E-state index in [9.17, 15) is 8.42 Å². The molecule has 0 saturated carbocycles. The third-order valence-corrected chi connectivity index (χ3v) is 5.73. The van der Waals surface area contributed by atoms with Crippen LogP contribution in [0.25, 0.3) is 0 Å². The largest absolute Gasteiger partial charge is 0.486 e. The van der Waals surface area contributed by atoms with Crippen molar-refractivity contribution in [1.29, 1.82) is 0 Å². The molecule has 6 heteroatoms. The molecule has 0 fully saturated rings. The molecule has 0 saturated heterocycles. The van der Waals surface area contributed by atoms with Crippen LogP contribution in [-0.4, -0.2) is 21.6 Å². The van der Waals surface area contributed by atoms with Crippen LogP contribution in [0.2, 0.25) is 0 Å². The van der Waals surface area contributed by atoms with Crippen molar-refractivity contribution in [2.45, 2.75) is 31.7 Å². The zero-order chi connectivity index (χ0) is 17.3. The van der Waals surface area contributed by atoms with Gasteiger partial charge in [0.2, 0.25) is 10.0 Å². The summed E-state index contributed by atoms with van der Waals surface area (Å²) >= 11 is 0. The molecule has 1 aliphatic rings. The van der Waals surface area contributed by atoms with Crippen LogP contribution in [0.4, 0.5) is 0 Å². The fourth-order valence-electron chi connectivity index (χ4n) is 2.58. The molecule has 1 unspecified atom stereocenters. The maximum absolute atomic E-state index is 12.6. The van der Waals surface area contributed by atoms with Crippen molar-refractivity contribution in [3.8, 4) is 11.5 Å². The molecule has 0 amide bonds. The van der Waals surface area contributed by atoms with Gasteiger partial charge in [0.25, 0.3) is 0 Å². The zero-order valence-electron chi connectivity index (χ0n) is 14.0. The third kappa shape index (κ3) is 3.39. The van der Waals surface area contributed by atoms with E-state index >= 15 is 0 Å². The molecule has 0 radical (unpaired) electrons. The number of hydrogen-bond donors (Lipinski definition) is 1. The SMILES string of the molecule is Cc1ccc(S(=O)(=O)NC(C)c2ccc3c(c2)OCCO3)cc1C. The molecule has 2 aromatic rings. The Morgan fingerprint density at radius 2 is 1.67 bits per heavy atom. The second kappa shape index (κ2) is 6.45. The highest BCUT2D eigenvalue weighted by Gasteiger charge is 2.20. The van der Waals surface area contributed by atoms with E-state index in [-0.39, 0.29) is 10.9 Å². The lowest BCUT2D eigenvalue weighted by molar-refractivity contribution is 0.171. The Hall–Kier alpha value is -2.05. The predicted molar refractivity (Wildman–Crippen MR) is 92.1 cm³/mol. The number of aryl methyl sites for hydroxylation is 2. The minimum absolute atomic E-state index is 0.273. The Morgan fingerprint density at radius 1 is 0.958 bits per heavy atom. The Morgan fingerprint density at radius 3 is 2.38 bits per heavy atom. The second-order valence-corrected chi connectivity index (χ2v) is 7.71. The van der Waals surface area contributed by atoms with Gasteiger partial charge in [0.1, 0.15) is 13.2 Å². The predicted octanol–water partition coefficient (Wildman–Crippen LogP) is 3.11. The summed E-state index contributed by atoms with van der Waals surface area (Å²) in [5.41, 5.74) is 2.84.